The minimum atomic E-state index is -0.884. The highest BCUT2D eigenvalue weighted by Gasteiger charge is 2.14. The molecule has 1 aromatic heterocycles. The molecule has 0 fully saturated rings. The fourth-order valence-corrected chi connectivity index (χ4v) is 2.15. The summed E-state index contributed by atoms with van der Waals surface area (Å²) in [7, 11) is 0. The third-order valence-corrected chi connectivity index (χ3v) is 3.65. The van der Waals surface area contributed by atoms with Crippen LogP contribution in [0.25, 0.3) is 10.9 Å². The molecule has 100 valence electrons. The summed E-state index contributed by atoms with van der Waals surface area (Å²) in [5.41, 5.74) is 3.12. The number of carboxylic acids is 1. The second kappa shape index (κ2) is 5.39. The van der Waals surface area contributed by atoms with Crippen LogP contribution < -0.4 is 0 Å². The van der Waals surface area contributed by atoms with Gasteiger partial charge in [-0.1, -0.05) is 26.8 Å². The number of hydrogen-bond acceptors (Lipinski definition) is 2. The van der Waals surface area contributed by atoms with Gasteiger partial charge in [0.1, 0.15) is 0 Å². The van der Waals surface area contributed by atoms with Gasteiger partial charge in [0, 0.05) is 11.1 Å². The SMILES string of the molecule is CCc1ccc2nc(C(C)CC)cc(C(=O)O)c2c1. The number of aromatic nitrogens is 1. The smallest absolute Gasteiger partial charge is 0.336 e. The van der Waals surface area contributed by atoms with Crippen LogP contribution in [0.4, 0.5) is 0 Å². The Morgan fingerprint density at radius 3 is 2.63 bits per heavy atom. The number of aromatic carboxylic acids is 1. The molecular formula is C16H19NO2. The lowest BCUT2D eigenvalue weighted by molar-refractivity contribution is 0.0699. The maximum Gasteiger partial charge on any atom is 0.336 e. The number of carboxylic acid groups (broad SMARTS) is 1. The van der Waals surface area contributed by atoms with Crippen molar-refractivity contribution >= 4 is 16.9 Å². The standard InChI is InChI=1S/C16H19NO2/c1-4-10(3)15-9-13(16(18)19)12-8-11(5-2)6-7-14(12)17-15/h6-10H,4-5H2,1-3H3,(H,18,19). The number of pyridine rings is 1. The van der Waals surface area contributed by atoms with Crippen LogP contribution in [0, 0.1) is 0 Å². The number of fused-ring (bicyclic) bond motifs is 1. The van der Waals surface area contributed by atoms with Gasteiger partial charge in [-0.25, -0.2) is 4.79 Å². The molecule has 1 N–H and O–H groups in total. The Morgan fingerprint density at radius 2 is 2.05 bits per heavy atom. The zero-order valence-electron chi connectivity index (χ0n) is 11.6. The molecule has 0 saturated heterocycles. The third-order valence-electron chi connectivity index (χ3n) is 3.65. The van der Waals surface area contributed by atoms with E-state index in [0.717, 1.165) is 35.0 Å². The second-order valence-electron chi connectivity index (χ2n) is 4.91. The van der Waals surface area contributed by atoms with Crippen LogP contribution in [0.5, 0.6) is 0 Å². The summed E-state index contributed by atoms with van der Waals surface area (Å²) < 4.78 is 0. The molecule has 1 unspecified atom stereocenters. The van der Waals surface area contributed by atoms with Crippen LogP contribution in [-0.4, -0.2) is 16.1 Å². The summed E-state index contributed by atoms with van der Waals surface area (Å²) in [6.07, 6.45) is 1.84. The topological polar surface area (TPSA) is 50.2 Å². The predicted molar refractivity (Wildman–Crippen MR) is 76.8 cm³/mol. The summed E-state index contributed by atoms with van der Waals surface area (Å²) in [5, 5.41) is 10.1. The van der Waals surface area contributed by atoms with Crippen molar-refractivity contribution in [2.75, 3.05) is 0 Å². The molecule has 19 heavy (non-hydrogen) atoms. The number of carbonyl (C=O) groups is 1. The van der Waals surface area contributed by atoms with Crippen LogP contribution in [0.15, 0.2) is 24.3 Å². The molecule has 1 atom stereocenters. The maximum absolute atomic E-state index is 11.4. The second-order valence-corrected chi connectivity index (χ2v) is 4.91. The molecule has 0 spiro atoms. The fraction of sp³-hybridized carbons (Fsp3) is 0.375. The molecule has 2 rings (SSSR count). The Kier molecular flexibility index (Phi) is 3.84. The summed E-state index contributed by atoms with van der Waals surface area (Å²) in [5.74, 6) is -0.612. The summed E-state index contributed by atoms with van der Waals surface area (Å²) in [4.78, 5) is 16.1. The lowest BCUT2D eigenvalue weighted by atomic mass is 9.98. The van der Waals surface area contributed by atoms with Crippen molar-refractivity contribution in [3.8, 4) is 0 Å². The molecule has 3 heteroatoms. The van der Waals surface area contributed by atoms with E-state index < -0.39 is 5.97 Å². The molecule has 0 amide bonds. The van der Waals surface area contributed by atoms with Gasteiger partial charge in [0.25, 0.3) is 0 Å². The Hall–Kier alpha value is -1.90. The van der Waals surface area contributed by atoms with Gasteiger partial charge in [0.2, 0.25) is 0 Å². The van der Waals surface area contributed by atoms with Crippen molar-refractivity contribution in [3.05, 3.63) is 41.1 Å². The van der Waals surface area contributed by atoms with Gasteiger partial charge in [-0.05, 0) is 42.5 Å². The number of aryl methyl sites for hydroxylation is 1. The summed E-state index contributed by atoms with van der Waals surface area (Å²) in [6.45, 7) is 6.21. The molecule has 0 saturated carbocycles. The highest BCUT2D eigenvalue weighted by atomic mass is 16.4. The normalized spacial score (nSPS) is 12.6. The van der Waals surface area contributed by atoms with Crippen molar-refractivity contribution in [2.45, 2.75) is 39.5 Å². The molecule has 0 aliphatic carbocycles. The predicted octanol–water partition coefficient (Wildman–Crippen LogP) is 4.01. The summed E-state index contributed by atoms with van der Waals surface area (Å²) >= 11 is 0. The zero-order valence-corrected chi connectivity index (χ0v) is 11.6. The lowest BCUT2D eigenvalue weighted by Crippen LogP contribution is -2.04. The zero-order chi connectivity index (χ0) is 14.0. The van der Waals surface area contributed by atoms with E-state index in [1.165, 1.54) is 0 Å². The third kappa shape index (κ3) is 2.60. The van der Waals surface area contributed by atoms with Crippen LogP contribution in [0.1, 0.15) is 54.7 Å². The summed E-state index contributed by atoms with van der Waals surface area (Å²) in [6, 6.07) is 7.60. The first-order valence-electron chi connectivity index (χ1n) is 6.73. The van der Waals surface area contributed by atoms with Crippen LogP contribution in [0.2, 0.25) is 0 Å². The van der Waals surface area contributed by atoms with Crippen LogP contribution in [-0.2, 0) is 6.42 Å². The largest absolute Gasteiger partial charge is 0.478 e. The first-order chi connectivity index (χ1) is 9.06. The Bertz CT molecular complexity index is 619. The number of rotatable bonds is 4. The monoisotopic (exact) mass is 257 g/mol. The molecule has 1 aromatic carbocycles. The lowest BCUT2D eigenvalue weighted by Gasteiger charge is -2.12. The van der Waals surface area contributed by atoms with E-state index in [0.29, 0.717) is 5.56 Å². The molecule has 0 aliphatic rings. The van der Waals surface area contributed by atoms with E-state index in [1.54, 1.807) is 6.07 Å². The van der Waals surface area contributed by atoms with E-state index in [-0.39, 0.29) is 5.92 Å². The van der Waals surface area contributed by atoms with Gasteiger partial charge in [0.15, 0.2) is 0 Å². The number of nitrogens with zero attached hydrogens (tertiary/aromatic N) is 1. The van der Waals surface area contributed by atoms with E-state index in [4.69, 9.17) is 0 Å². The van der Waals surface area contributed by atoms with Crippen molar-refractivity contribution in [1.29, 1.82) is 0 Å². The van der Waals surface area contributed by atoms with Gasteiger partial charge in [-0.3, -0.25) is 4.98 Å². The number of benzene rings is 1. The first-order valence-corrected chi connectivity index (χ1v) is 6.73. The fourth-order valence-electron chi connectivity index (χ4n) is 2.15. The van der Waals surface area contributed by atoms with E-state index in [9.17, 15) is 9.90 Å². The average Bonchev–Trinajstić information content (AvgIpc) is 2.44. The maximum atomic E-state index is 11.4. The molecule has 0 bridgehead atoms. The molecule has 3 nitrogen and oxygen atoms in total. The average molecular weight is 257 g/mol. The van der Waals surface area contributed by atoms with Crippen molar-refractivity contribution in [2.24, 2.45) is 0 Å². The molecule has 0 aliphatic heterocycles. The van der Waals surface area contributed by atoms with Crippen LogP contribution in [0.3, 0.4) is 0 Å². The van der Waals surface area contributed by atoms with Gasteiger partial charge >= 0.3 is 5.97 Å². The van der Waals surface area contributed by atoms with Gasteiger partial charge in [-0.2, -0.15) is 0 Å². The van der Waals surface area contributed by atoms with E-state index >= 15 is 0 Å². The Balaban J connectivity index is 2.71. The van der Waals surface area contributed by atoms with Gasteiger partial charge < -0.3 is 5.11 Å². The molecule has 2 aromatic rings. The van der Waals surface area contributed by atoms with Crippen molar-refractivity contribution in [1.82, 2.24) is 4.98 Å². The van der Waals surface area contributed by atoms with Crippen LogP contribution >= 0.6 is 0 Å². The Morgan fingerprint density at radius 1 is 1.32 bits per heavy atom. The first kappa shape index (κ1) is 13.5. The number of hydrogen-bond donors (Lipinski definition) is 1. The minimum absolute atomic E-state index is 0.272. The van der Waals surface area contributed by atoms with E-state index in [1.807, 2.05) is 18.2 Å². The van der Waals surface area contributed by atoms with Crippen molar-refractivity contribution in [3.63, 3.8) is 0 Å². The van der Waals surface area contributed by atoms with Gasteiger partial charge in [0.05, 0.1) is 11.1 Å². The quantitative estimate of drug-likeness (QED) is 0.900. The molecule has 0 radical (unpaired) electrons. The van der Waals surface area contributed by atoms with Crippen molar-refractivity contribution < 1.29 is 9.90 Å². The van der Waals surface area contributed by atoms with E-state index in [2.05, 4.69) is 25.8 Å². The minimum Gasteiger partial charge on any atom is -0.478 e. The Labute approximate surface area is 113 Å². The molecule has 1 heterocycles. The molecular weight excluding hydrogens is 238 g/mol. The highest BCUT2D eigenvalue weighted by Crippen LogP contribution is 2.25. The van der Waals surface area contributed by atoms with Gasteiger partial charge in [-0.15, -0.1) is 0 Å². The highest BCUT2D eigenvalue weighted by molar-refractivity contribution is 6.02.